The third-order valence-electron chi connectivity index (χ3n) is 5.69. The first-order valence-corrected chi connectivity index (χ1v) is 12.8. The predicted octanol–water partition coefficient (Wildman–Crippen LogP) is 6.90. The fourth-order valence-corrected chi connectivity index (χ4v) is 4.52. The second-order valence-electron chi connectivity index (χ2n) is 8.11. The van der Waals surface area contributed by atoms with Crippen LogP contribution in [-0.4, -0.2) is 23.0 Å². The summed E-state index contributed by atoms with van der Waals surface area (Å²) in [5.41, 5.74) is 2.25. The molecule has 8 heteroatoms. The number of hydrogen-bond donors (Lipinski definition) is 0. The summed E-state index contributed by atoms with van der Waals surface area (Å²) in [5.74, 6) is 1.84. The Labute approximate surface area is 220 Å². The molecule has 0 aliphatic rings. The minimum absolute atomic E-state index is 0.0583. The van der Waals surface area contributed by atoms with Crippen LogP contribution in [0.25, 0.3) is 10.9 Å². The van der Waals surface area contributed by atoms with Crippen molar-refractivity contribution in [2.24, 2.45) is 5.10 Å². The molecule has 4 rings (SSSR count). The predicted molar refractivity (Wildman–Crippen MR) is 147 cm³/mol. The van der Waals surface area contributed by atoms with E-state index in [-0.39, 0.29) is 11.5 Å². The zero-order valence-corrected chi connectivity index (χ0v) is 22.8. The first kappa shape index (κ1) is 25.1. The zero-order valence-electron chi connectivity index (χ0n) is 19.7. The summed E-state index contributed by atoms with van der Waals surface area (Å²) < 4.78 is 14.5. The lowest BCUT2D eigenvalue weighted by molar-refractivity contribution is 0.282. The van der Waals surface area contributed by atoms with Gasteiger partial charge >= 0.3 is 0 Å². The van der Waals surface area contributed by atoms with Gasteiger partial charge in [0.2, 0.25) is 0 Å². The molecule has 0 radical (unpaired) electrons. The highest BCUT2D eigenvalue weighted by molar-refractivity contribution is 9.10. The van der Waals surface area contributed by atoms with Crippen molar-refractivity contribution >= 4 is 49.0 Å². The van der Waals surface area contributed by atoms with Crippen LogP contribution in [0, 0.1) is 0 Å². The summed E-state index contributed by atoms with van der Waals surface area (Å²) in [6, 6.07) is 19.1. The Bertz CT molecular complexity index is 1440. The van der Waals surface area contributed by atoms with E-state index in [1.165, 1.54) is 4.68 Å². The van der Waals surface area contributed by atoms with E-state index < -0.39 is 0 Å². The molecule has 0 saturated heterocycles. The Hall–Kier alpha value is -2.97. The number of aromatic nitrogens is 2. The average Bonchev–Trinajstić information content (AvgIpc) is 2.87. The van der Waals surface area contributed by atoms with Gasteiger partial charge in [0.1, 0.15) is 12.4 Å². The highest BCUT2D eigenvalue weighted by atomic mass is 79.9. The molecule has 0 aliphatic heterocycles. The van der Waals surface area contributed by atoms with Gasteiger partial charge in [0.25, 0.3) is 5.56 Å². The third kappa shape index (κ3) is 5.65. The lowest BCUT2D eigenvalue weighted by Crippen LogP contribution is -2.23. The van der Waals surface area contributed by atoms with Crippen molar-refractivity contribution in [1.82, 2.24) is 9.66 Å². The van der Waals surface area contributed by atoms with Crippen molar-refractivity contribution in [1.29, 1.82) is 0 Å². The molecule has 0 unspecified atom stereocenters. The monoisotopic (exact) mass is 597 g/mol. The van der Waals surface area contributed by atoms with Gasteiger partial charge in [-0.15, -0.1) is 0 Å². The van der Waals surface area contributed by atoms with Gasteiger partial charge in [0.05, 0.1) is 28.7 Å². The smallest absolute Gasteiger partial charge is 0.282 e. The van der Waals surface area contributed by atoms with Gasteiger partial charge in [-0.3, -0.25) is 4.79 Å². The van der Waals surface area contributed by atoms with Crippen LogP contribution in [0.3, 0.4) is 0 Å². The van der Waals surface area contributed by atoms with Crippen molar-refractivity contribution in [3.8, 4) is 11.5 Å². The van der Waals surface area contributed by atoms with Gasteiger partial charge in [-0.2, -0.15) is 9.78 Å². The zero-order chi connectivity index (χ0) is 24.9. The molecule has 0 spiro atoms. The molecule has 0 amide bonds. The Balaban J connectivity index is 1.71. The van der Waals surface area contributed by atoms with Gasteiger partial charge in [-0.05, 0) is 63.8 Å². The maximum absolute atomic E-state index is 13.3. The highest BCUT2D eigenvalue weighted by Gasteiger charge is 2.16. The minimum Gasteiger partial charge on any atom is -0.493 e. The molecular formula is C27H25Br2N3O3. The van der Waals surface area contributed by atoms with E-state index in [2.05, 4.69) is 43.9 Å². The van der Waals surface area contributed by atoms with E-state index in [1.807, 2.05) is 61.5 Å². The van der Waals surface area contributed by atoms with Gasteiger partial charge in [-0.1, -0.05) is 60.1 Å². The van der Waals surface area contributed by atoms with E-state index in [9.17, 15) is 4.79 Å². The SMILES string of the molecule is CC[C@@H](C)c1nc2ccc(Br)cc2c(=O)n1N=Cc1cc(Br)c(OCc2ccccc2)c(OC)c1. The molecule has 0 N–H and O–H groups in total. The number of hydrogen-bond acceptors (Lipinski definition) is 5. The lowest BCUT2D eigenvalue weighted by atomic mass is 10.1. The quantitative estimate of drug-likeness (QED) is 0.207. The van der Waals surface area contributed by atoms with Gasteiger partial charge in [0, 0.05) is 10.4 Å². The molecule has 0 bridgehead atoms. The van der Waals surface area contributed by atoms with E-state index in [0.29, 0.717) is 34.8 Å². The van der Waals surface area contributed by atoms with E-state index in [1.54, 1.807) is 19.4 Å². The summed E-state index contributed by atoms with van der Waals surface area (Å²) in [7, 11) is 1.59. The standard InChI is InChI=1S/C27H25Br2N3O3/c1-4-17(2)26-31-23-11-10-20(28)14-21(23)27(33)32(26)30-15-19-12-22(29)25(24(13-19)34-3)35-16-18-8-6-5-7-9-18/h5-15,17H,4,16H2,1-3H3/t17-/m1/s1. The molecule has 6 nitrogen and oxygen atoms in total. The second-order valence-corrected chi connectivity index (χ2v) is 9.88. The first-order valence-electron chi connectivity index (χ1n) is 11.2. The third-order valence-corrected chi connectivity index (χ3v) is 6.77. The number of methoxy groups -OCH3 is 1. The fraction of sp³-hybridized carbons (Fsp3) is 0.222. The van der Waals surface area contributed by atoms with E-state index in [4.69, 9.17) is 14.5 Å². The van der Waals surface area contributed by atoms with Crippen LogP contribution < -0.4 is 15.0 Å². The van der Waals surface area contributed by atoms with Gasteiger partial charge < -0.3 is 9.47 Å². The Morgan fingerprint density at radius 3 is 2.60 bits per heavy atom. The van der Waals surface area contributed by atoms with Crippen LogP contribution in [0.15, 0.2) is 79.5 Å². The van der Waals surface area contributed by atoms with Crippen LogP contribution in [0.1, 0.15) is 43.1 Å². The second kappa shape index (κ2) is 11.2. The van der Waals surface area contributed by atoms with Crippen molar-refractivity contribution in [3.63, 3.8) is 0 Å². The first-order chi connectivity index (χ1) is 16.9. The largest absolute Gasteiger partial charge is 0.493 e. The van der Waals surface area contributed by atoms with Gasteiger partial charge in [0.15, 0.2) is 11.5 Å². The number of ether oxygens (including phenoxy) is 2. The molecule has 1 heterocycles. The summed E-state index contributed by atoms with van der Waals surface area (Å²) in [4.78, 5) is 18.1. The fourth-order valence-electron chi connectivity index (χ4n) is 3.59. The molecule has 4 aromatic rings. The Kier molecular flexibility index (Phi) is 8.03. The maximum Gasteiger partial charge on any atom is 0.282 e. The van der Waals surface area contributed by atoms with Crippen molar-refractivity contribution < 1.29 is 9.47 Å². The van der Waals surface area contributed by atoms with E-state index >= 15 is 0 Å². The summed E-state index contributed by atoms with van der Waals surface area (Å²) >= 11 is 7.03. The summed E-state index contributed by atoms with van der Waals surface area (Å²) in [5, 5.41) is 5.06. The average molecular weight is 599 g/mol. The van der Waals surface area contributed by atoms with E-state index in [0.717, 1.165) is 26.5 Å². The normalized spacial score (nSPS) is 12.3. The molecule has 3 aromatic carbocycles. The van der Waals surface area contributed by atoms with Crippen LogP contribution in [-0.2, 0) is 6.61 Å². The molecule has 1 aromatic heterocycles. The molecule has 1 atom stereocenters. The van der Waals surface area contributed by atoms with Crippen molar-refractivity contribution in [2.45, 2.75) is 32.8 Å². The molecule has 0 aliphatic carbocycles. The summed E-state index contributed by atoms with van der Waals surface area (Å²) in [6.45, 7) is 4.51. The van der Waals surface area contributed by atoms with Crippen LogP contribution >= 0.6 is 31.9 Å². The number of benzene rings is 3. The number of nitrogens with zero attached hydrogens (tertiary/aromatic N) is 3. The number of fused-ring (bicyclic) bond motifs is 1. The van der Waals surface area contributed by atoms with Gasteiger partial charge in [-0.25, -0.2) is 4.98 Å². The molecular weight excluding hydrogens is 574 g/mol. The number of rotatable bonds is 8. The Morgan fingerprint density at radius 1 is 1.11 bits per heavy atom. The Morgan fingerprint density at radius 2 is 1.89 bits per heavy atom. The minimum atomic E-state index is -0.211. The lowest BCUT2D eigenvalue weighted by Gasteiger charge is -2.15. The van der Waals surface area contributed by atoms with Crippen LogP contribution in [0.4, 0.5) is 0 Å². The maximum atomic E-state index is 13.3. The molecule has 0 fully saturated rings. The highest BCUT2D eigenvalue weighted by Crippen LogP contribution is 2.37. The summed E-state index contributed by atoms with van der Waals surface area (Å²) in [6.07, 6.45) is 2.46. The number of halogens is 2. The van der Waals surface area contributed by atoms with Crippen LogP contribution in [0.5, 0.6) is 11.5 Å². The molecule has 180 valence electrons. The topological polar surface area (TPSA) is 65.7 Å². The van der Waals surface area contributed by atoms with Crippen molar-refractivity contribution in [2.75, 3.05) is 7.11 Å². The van der Waals surface area contributed by atoms with Crippen LogP contribution in [0.2, 0.25) is 0 Å². The van der Waals surface area contributed by atoms with Crippen molar-refractivity contribution in [3.05, 3.63) is 96.9 Å². The molecule has 0 saturated carbocycles. The molecule has 35 heavy (non-hydrogen) atoms.